The van der Waals surface area contributed by atoms with Crippen LogP contribution in [0, 0.1) is 6.92 Å². The molecule has 0 bridgehead atoms. The van der Waals surface area contributed by atoms with E-state index in [0.717, 1.165) is 16.7 Å². The Kier molecular flexibility index (Phi) is 5.97. The molecule has 4 rings (SSSR count). The normalized spacial score (nSPS) is 13.9. The van der Waals surface area contributed by atoms with Gasteiger partial charge in [-0.1, -0.05) is 17.7 Å². The Labute approximate surface area is 180 Å². The molecule has 1 saturated heterocycles. The third-order valence-electron chi connectivity index (χ3n) is 5.28. The maximum atomic E-state index is 12.8. The minimum atomic E-state index is -0.0801. The molecule has 1 aliphatic rings. The fourth-order valence-electron chi connectivity index (χ4n) is 3.47. The summed E-state index contributed by atoms with van der Waals surface area (Å²) in [6.45, 7) is 6.59. The number of rotatable bonds is 4. The van der Waals surface area contributed by atoms with E-state index >= 15 is 0 Å². The summed E-state index contributed by atoms with van der Waals surface area (Å²) in [5.41, 5.74) is 3.37. The quantitative estimate of drug-likeness (QED) is 0.701. The van der Waals surface area contributed by atoms with E-state index in [0.29, 0.717) is 50.1 Å². The van der Waals surface area contributed by atoms with Gasteiger partial charge in [-0.05, 0) is 50.2 Å². The molecule has 0 radical (unpaired) electrons. The van der Waals surface area contributed by atoms with Gasteiger partial charge in [0.25, 0.3) is 5.91 Å². The van der Waals surface area contributed by atoms with Crippen LogP contribution in [0.5, 0.6) is 0 Å². The monoisotopic (exact) mass is 419 g/mol. The molecule has 8 nitrogen and oxygen atoms in total. The second kappa shape index (κ2) is 8.99. The van der Waals surface area contributed by atoms with Gasteiger partial charge in [-0.15, -0.1) is 10.2 Å². The van der Waals surface area contributed by atoms with Crippen LogP contribution in [0.2, 0.25) is 0 Å². The summed E-state index contributed by atoms with van der Waals surface area (Å²) >= 11 is 0. The zero-order valence-electron chi connectivity index (χ0n) is 17.7. The SMILES string of the molecule is CCNC(=O)N1CCN(C(=O)c2ccc(-c3nnc(-c4ccc(C)cc4)o3)cc2)CC1. The molecular weight excluding hydrogens is 394 g/mol. The van der Waals surface area contributed by atoms with Gasteiger partial charge >= 0.3 is 6.03 Å². The molecule has 31 heavy (non-hydrogen) atoms. The second-order valence-corrected chi connectivity index (χ2v) is 7.47. The largest absolute Gasteiger partial charge is 0.416 e. The Morgan fingerprint density at radius 2 is 1.39 bits per heavy atom. The number of carbonyl (C=O) groups is 2. The summed E-state index contributed by atoms with van der Waals surface area (Å²) < 4.78 is 5.81. The molecule has 1 aromatic heterocycles. The average molecular weight is 419 g/mol. The molecule has 3 amide bonds. The summed E-state index contributed by atoms with van der Waals surface area (Å²) in [7, 11) is 0. The van der Waals surface area contributed by atoms with Crippen molar-refractivity contribution in [2.24, 2.45) is 0 Å². The third-order valence-corrected chi connectivity index (χ3v) is 5.28. The zero-order valence-corrected chi connectivity index (χ0v) is 17.7. The summed E-state index contributed by atoms with van der Waals surface area (Å²) in [6.07, 6.45) is 0. The molecule has 1 N–H and O–H groups in total. The number of hydrogen-bond acceptors (Lipinski definition) is 5. The lowest BCUT2D eigenvalue weighted by atomic mass is 10.1. The Morgan fingerprint density at radius 1 is 0.871 bits per heavy atom. The number of aromatic nitrogens is 2. The van der Waals surface area contributed by atoms with Crippen molar-refractivity contribution in [2.45, 2.75) is 13.8 Å². The van der Waals surface area contributed by atoms with Crippen molar-refractivity contribution < 1.29 is 14.0 Å². The number of piperazine rings is 1. The summed E-state index contributed by atoms with van der Waals surface area (Å²) in [4.78, 5) is 28.2. The maximum absolute atomic E-state index is 12.8. The van der Waals surface area contributed by atoms with Gasteiger partial charge < -0.3 is 19.5 Å². The molecule has 0 saturated carbocycles. The molecule has 8 heteroatoms. The number of benzene rings is 2. The van der Waals surface area contributed by atoms with E-state index in [1.54, 1.807) is 21.9 Å². The van der Waals surface area contributed by atoms with Gasteiger partial charge in [-0.2, -0.15) is 0 Å². The van der Waals surface area contributed by atoms with Crippen molar-refractivity contribution in [1.82, 2.24) is 25.3 Å². The van der Waals surface area contributed by atoms with Crippen molar-refractivity contribution in [1.29, 1.82) is 0 Å². The predicted molar refractivity (Wildman–Crippen MR) is 116 cm³/mol. The van der Waals surface area contributed by atoms with Crippen molar-refractivity contribution >= 4 is 11.9 Å². The van der Waals surface area contributed by atoms with Gasteiger partial charge in [-0.3, -0.25) is 4.79 Å². The van der Waals surface area contributed by atoms with E-state index in [9.17, 15) is 9.59 Å². The van der Waals surface area contributed by atoms with E-state index in [-0.39, 0.29) is 11.9 Å². The minimum absolute atomic E-state index is 0.0482. The van der Waals surface area contributed by atoms with Gasteiger partial charge in [0.1, 0.15) is 0 Å². The molecule has 160 valence electrons. The van der Waals surface area contributed by atoms with E-state index in [1.807, 2.05) is 50.2 Å². The van der Waals surface area contributed by atoms with Crippen LogP contribution in [-0.4, -0.2) is 64.7 Å². The summed E-state index contributed by atoms with van der Waals surface area (Å²) in [5.74, 6) is 0.818. The summed E-state index contributed by atoms with van der Waals surface area (Å²) in [6, 6.07) is 15.0. The standard InChI is InChI=1S/C23H25N5O3/c1-3-24-23(30)28-14-12-27(13-15-28)22(29)19-10-8-18(9-11-19)21-26-25-20(31-21)17-6-4-16(2)5-7-17/h4-11H,3,12-15H2,1-2H3,(H,24,30). The van der Waals surface area contributed by atoms with Crippen LogP contribution in [0.4, 0.5) is 4.79 Å². The first kappa shape index (κ1) is 20.6. The highest BCUT2D eigenvalue weighted by molar-refractivity contribution is 5.94. The fourth-order valence-corrected chi connectivity index (χ4v) is 3.47. The van der Waals surface area contributed by atoms with E-state index in [4.69, 9.17) is 4.42 Å². The summed E-state index contributed by atoms with van der Waals surface area (Å²) in [5, 5.41) is 11.1. The predicted octanol–water partition coefficient (Wildman–Crippen LogP) is 3.20. The van der Waals surface area contributed by atoms with Crippen molar-refractivity contribution in [2.75, 3.05) is 32.7 Å². The number of nitrogens with one attached hydrogen (secondary N) is 1. The molecule has 0 unspecified atom stereocenters. The first-order valence-electron chi connectivity index (χ1n) is 10.4. The molecule has 2 heterocycles. The van der Waals surface area contributed by atoms with Crippen molar-refractivity contribution in [3.63, 3.8) is 0 Å². The van der Waals surface area contributed by atoms with Crippen molar-refractivity contribution in [3.05, 3.63) is 59.7 Å². The topological polar surface area (TPSA) is 91.6 Å². The lowest BCUT2D eigenvalue weighted by Crippen LogP contribution is -2.53. The van der Waals surface area contributed by atoms with Crippen molar-refractivity contribution in [3.8, 4) is 22.9 Å². The maximum Gasteiger partial charge on any atom is 0.317 e. The Hall–Kier alpha value is -3.68. The van der Waals surface area contributed by atoms with Crippen LogP contribution < -0.4 is 5.32 Å². The lowest BCUT2D eigenvalue weighted by Gasteiger charge is -2.34. The Balaban J connectivity index is 1.40. The highest BCUT2D eigenvalue weighted by Gasteiger charge is 2.24. The highest BCUT2D eigenvalue weighted by atomic mass is 16.4. The Morgan fingerprint density at radius 3 is 1.94 bits per heavy atom. The smallest absolute Gasteiger partial charge is 0.317 e. The number of aryl methyl sites for hydroxylation is 1. The van der Waals surface area contributed by atoms with E-state index in [2.05, 4.69) is 15.5 Å². The molecule has 2 aromatic carbocycles. The second-order valence-electron chi connectivity index (χ2n) is 7.47. The van der Waals surface area contributed by atoms with Gasteiger partial charge in [0.05, 0.1) is 0 Å². The lowest BCUT2D eigenvalue weighted by molar-refractivity contribution is 0.0665. The van der Waals surface area contributed by atoms with Crippen LogP contribution in [0.25, 0.3) is 22.9 Å². The number of nitrogens with zero attached hydrogens (tertiary/aromatic N) is 4. The van der Waals surface area contributed by atoms with Crippen LogP contribution in [0.1, 0.15) is 22.8 Å². The highest BCUT2D eigenvalue weighted by Crippen LogP contribution is 2.24. The number of hydrogen-bond donors (Lipinski definition) is 1. The molecule has 0 spiro atoms. The molecule has 0 aliphatic carbocycles. The van der Waals surface area contributed by atoms with Gasteiger partial charge in [-0.25, -0.2) is 4.79 Å². The first-order chi connectivity index (χ1) is 15.0. The number of amides is 3. The number of urea groups is 1. The molecule has 3 aromatic rings. The number of carbonyl (C=O) groups excluding carboxylic acids is 2. The molecular formula is C23H25N5O3. The molecule has 1 fully saturated rings. The van der Waals surface area contributed by atoms with Gasteiger partial charge in [0.15, 0.2) is 0 Å². The van der Waals surface area contributed by atoms with Gasteiger partial charge in [0, 0.05) is 49.4 Å². The zero-order chi connectivity index (χ0) is 21.8. The molecule has 1 aliphatic heterocycles. The fraction of sp³-hybridized carbons (Fsp3) is 0.304. The van der Waals surface area contributed by atoms with Crippen LogP contribution in [0.15, 0.2) is 52.9 Å². The van der Waals surface area contributed by atoms with Crippen LogP contribution in [0.3, 0.4) is 0 Å². The third kappa shape index (κ3) is 4.58. The average Bonchev–Trinajstić information content (AvgIpc) is 3.30. The van der Waals surface area contributed by atoms with Crippen LogP contribution >= 0.6 is 0 Å². The van der Waals surface area contributed by atoms with E-state index < -0.39 is 0 Å². The molecule has 0 atom stereocenters. The van der Waals surface area contributed by atoms with Gasteiger partial charge in [0.2, 0.25) is 11.8 Å². The van der Waals surface area contributed by atoms with E-state index in [1.165, 1.54) is 0 Å². The van der Waals surface area contributed by atoms with Crippen LogP contribution in [-0.2, 0) is 0 Å². The Bertz CT molecular complexity index is 1050. The minimum Gasteiger partial charge on any atom is -0.416 e. The first-order valence-corrected chi connectivity index (χ1v) is 10.4.